The van der Waals surface area contributed by atoms with Crippen LogP contribution in [0.2, 0.25) is 0 Å². The second-order valence-electron chi connectivity index (χ2n) is 4.02. The average Bonchev–Trinajstić information content (AvgIpc) is 2.84. The molecule has 4 nitrogen and oxygen atoms in total. The smallest absolute Gasteiger partial charge is 0.262 e. The Morgan fingerprint density at radius 1 is 1.42 bits per heavy atom. The summed E-state index contributed by atoms with van der Waals surface area (Å²) in [5.41, 5.74) is 6.42. The van der Waals surface area contributed by atoms with Crippen LogP contribution in [0.3, 0.4) is 0 Å². The Balaban J connectivity index is 2.48. The molecule has 0 radical (unpaired) electrons. The molecule has 7 heteroatoms. The Labute approximate surface area is 115 Å². The van der Waals surface area contributed by atoms with Crippen LogP contribution in [0.1, 0.15) is 11.1 Å². The molecule has 102 valence electrons. The maximum Gasteiger partial charge on any atom is 0.262 e. The molecule has 0 aliphatic heterocycles. The van der Waals surface area contributed by atoms with Crippen molar-refractivity contribution in [3.05, 3.63) is 45.9 Å². The van der Waals surface area contributed by atoms with Crippen LogP contribution in [0.5, 0.6) is 0 Å². The third kappa shape index (κ3) is 2.94. The summed E-state index contributed by atoms with van der Waals surface area (Å²) in [6.45, 7) is 1.51. The Kier molecular flexibility index (Phi) is 3.88. The second-order valence-corrected chi connectivity index (χ2v) is 6.45. The number of halogens is 1. The van der Waals surface area contributed by atoms with Crippen molar-refractivity contribution in [3.63, 3.8) is 0 Å². The molecule has 0 atom stereocenters. The lowest BCUT2D eigenvalue weighted by Gasteiger charge is -2.11. The van der Waals surface area contributed by atoms with E-state index in [2.05, 4.69) is 4.72 Å². The van der Waals surface area contributed by atoms with Gasteiger partial charge in [-0.05, 0) is 36.1 Å². The van der Waals surface area contributed by atoms with Crippen molar-refractivity contribution in [2.75, 3.05) is 4.72 Å². The zero-order valence-corrected chi connectivity index (χ0v) is 11.8. The molecule has 3 N–H and O–H groups in total. The Morgan fingerprint density at radius 3 is 2.74 bits per heavy atom. The second kappa shape index (κ2) is 5.28. The van der Waals surface area contributed by atoms with Gasteiger partial charge in [0.15, 0.2) is 0 Å². The fraction of sp³-hybridized carbons (Fsp3) is 0.167. The molecule has 2 aromatic rings. The fourth-order valence-corrected chi connectivity index (χ4v) is 3.65. The lowest BCUT2D eigenvalue weighted by molar-refractivity contribution is 0.589. The molecule has 0 spiro atoms. The molecule has 19 heavy (non-hydrogen) atoms. The van der Waals surface area contributed by atoms with Gasteiger partial charge < -0.3 is 5.73 Å². The number of hydrogen-bond acceptors (Lipinski definition) is 4. The van der Waals surface area contributed by atoms with Gasteiger partial charge in [0.25, 0.3) is 10.0 Å². The van der Waals surface area contributed by atoms with Crippen LogP contribution in [-0.4, -0.2) is 8.42 Å². The van der Waals surface area contributed by atoms with Crippen LogP contribution in [0, 0.1) is 12.7 Å². The maximum absolute atomic E-state index is 13.7. The maximum atomic E-state index is 13.7. The minimum Gasteiger partial charge on any atom is -0.326 e. The van der Waals surface area contributed by atoms with E-state index in [0.29, 0.717) is 11.3 Å². The lowest BCUT2D eigenvalue weighted by atomic mass is 10.1. The van der Waals surface area contributed by atoms with Gasteiger partial charge in [-0.3, -0.25) is 4.72 Å². The van der Waals surface area contributed by atoms with Crippen molar-refractivity contribution in [1.29, 1.82) is 0 Å². The molecule has 0 bridgehead atoms. The number of sulfonamides is 1. The van der Waals surface area contributed by atoms with E-state index in [9.17, 15) is 12.8 Å². The van der Waals surface area contributed by atoms with Crippen molar-refractivity contribution in [2.24, 2.45) is 5.73 Å². The first-order valence-electron chi connectivity index (χ1n) is 5.48. The molecule has 0 saturated carbocycles. The van der Waals surface area contributed by atoms with E-state index >= 15 is 0 Å². The fourth-order valence-electron chi connectivity index (χ4n) is 1.64. The van der Waals surface area contributed by atoms with Crippen molar-refractivity contribution < 1.29 is 12.8 Å². The minimum atomic E-state index is -3.81. The predicted molar refractivity (Wildman–Crippen MR) is 74.2 cm³/mol. The van der Waals surface area contributed by atoms with E-state index in [4.69, 9.17) is 5.73 Å². The van der Waals surface area contributed by atoms with Crippen LogP contribution in [0.4, 0.5) is 10.1 Å². The summed E-state index contributed by atoms with van der Waals surface area (Å²) >= 11 is 1.37. The number of hydrogen-bond donors (Lipinski definition) is 2. The molecule has 0 unspecified atom stereocenters. The van der Waals surface area contributed by atoms with Crippen LogP contribution >= 0.6 is 11.3 Å². The summed E-state index contributed by atoms with van der Waals surface area (Å²) < 4.78 is 40.6. The van der Waals surface area contributed by atoms with Crippen LogP contribution in [0.25, 0.3) is 0 Å². The van der Waals surface area contributed by atoms with Crippen LogP contribution < -0.4 is 10.5 Å². The van der Waals surface area contributed by atoms with Gasteiger partial charge in [0, 0.05) is 17.5 Å². The first kappa shape index (κ1) is 14.0. The summed E-state index contributed by atoms with van der Waals surface area (Å²) in [6, 6.07) is 4.28. The van der Waals surface area contributed by atoms with Gasteiger partial charge in [-0.1, -0.05) is 0 Å². The summed E-state index contributed by atoms with van der Waals surface area (Å²) in [7, 11) is -3.81. The van der Waals surface area contributed by atoms with E-state index in [0.717, 1.165) is 0 Å². The molecule has 0 fully saturated rings. The Hall–Kier alpha value is -1.44. The molecular weight excluding hydrogens is 287 g/mol. The van der Waals surface area contributed by atoms with Crippen molar-refractivity contribution in [3.8, 4) is 0 Å². The van der Waals surface area contributed by atoms with Crippen LogP contribution in [-0.2, 0) is 16.6 Å². The monoisotopic (exact) mass is 300 g/mol. The van der Waals surface area contributed by atoms with E-state index < -0.39 is 15.8 Å². The molecule has 1 aromatic carbocycles. The summed E-state index contributed by atoms with van der Waals surface area (Å²) in [5, 5.41) is 3.41. The molecule has 0 amide bonds. The van der Waals surface area contributed by atoms with E-state index in [-0.39, 0.29) is 17.0 Å². The van der Waals surface area contributed by atoms with Crippen molar-refractivity contribution in [2.45, 2.75) is 18.4 Å². The van der Waals surface area contributed by atoms with Gasteiger partial charge in [0.05, 0.1) is 10.6 Å². The van der Waals surface area contributed by atoms with Crippen molar-refractivity contribution >= 4 is 27.0 Å². The summed E-state index contributed by atoms with van der Waals surface area (Å²) in [5.74, 6) is -0.575. The zero-order valence-electron chi connectivity index (χ0n) is 10.2. The quantitative estimate of drug-likeness (QED) is 0.911. The number of thiophene rings is 1. The van der Waals surface area contributed by atoms with Gasteiger partial charge >= 0.3 is 0 Å². The van der Waals surface area contributed by atoms with Gasteiger partial charge in [-0.15, -0.1) is 0 Å². The molecule has 1 aromatic heterocycles. The number of nitrogens with two attached hydrogens (primary N) is 1. The predicted octanol–water partition coefficient (Wildman–Crippen LogP) is 2.46. The lowest BCUT2D eigenvalue weighted by Crippen LogP contribution is -2.15. The molecule has 2 rings (SSSR count). The first-order valence-corrected chi connectivity index (χ1v) is 7.91. The molecule has 1 heterocycles. The molecule has 0 aliphatic rings. The largest absolute Gasteiger partial charge is 0.326 e. The SMILES string of the molecule is Cc1c(F)cc(CN)cc1S(=O)(=O)Nc1ccsc1. The average molecular weight is 300 g/mol. The van der Waals surface area contributed by atoms with Gasteiger partial charge in [0.2, 0.25) is 0 Å². The highest BCUT2D eigenvalue weighted by Crippen LogP contribution is 2.24. The highest BCUT2D eigenvalue weighted by atomic mass is 32.2. The molecule has 0 aliphatic carbocycles. The highest BCUT2D eigenvalue weighted by molar-refractivity contribution is 7.92. The van der Waals surface area contributed by atoms with E-state index in [1.807, 2.05) is 0 Å². The highest BCUT2D eigenvalue weighted by Gasteiger charge is 2.20. The van der Waals surface area contributed by atoms with Crippen molar-refractivity contribution in [1.82, 2.24) is 0 Å². The van der Waals surface area contributed by atoms with E-state index in [1.165, 1.54) is 30.4 Å². The van der Waals surface area contributed by atoms with Gasteiger partial charge in [0.1, 0.15) is 5.82 Å². The number of rotatable bonds is 4. The number of anilines is 1. The zero-order chi connectivity index (χ0) is 14.0. The third-order valence-corrected chi connectivity index (χ3v) is 4.85. The topological polar surface area (TPSA) is 72.2 Å². The third-order valence-electron chi connectivity index (χ3n) is 2.66. The molecular formula is C12H13FN2O2S2. The van der Waals surface area contributed by atoms with Gasteiger partial charge in [-0.25, -0.2) is 12.8 Å². The Bertz CT molecular complexity index is 682. The van der Waals surface area contributed by atoms with E-state index in [1.54, 1.807) is 16.8 Å². The molecule has 0 saturated heterocycles. The summed E-state index contributed by atoms with van der Waals surface area (Å²) in [6.07, 6.45) is 0. The normalized spacial score (nSPS) is 11.5. The van der Waals surface area contributed by atoms with Crippen LogP contribution in [0.15, 0.2) is 33.9 Å². The number of benzene rings is 1. The van der Waals surface area contributed by atoms with Gasteiger partial charge in [-0.2, -0.15) is 11.3 Å². The Morgan fingerprint density at radius 2 is 2.16 bits per heavy atom. The summed E-state index contributed by atoms with van der Waals surface area (Å²) in [4.78, 5) is -0.0841. The first-order chi connectivity index (χ1) is 8.94. The number of nitrogens with one attached hydrogen (secondary N) is 1. The standard InChI is InChI=1S/C12H13FN2O2S2/c1-8-11(13)4-9(6-14)5-12(8)19(16,17)15-10-2-3-18-7-10/h2-5,7,15H,6,14H2,1H3. The minimum absolute atomic E-state index is 0.0815.